The van der Waals surface area contributed by atoms with Crippen molar-refractivity contribution in [1.82, 2.24) is 0 Å². The molecular formula is C11H19Br2O7P. The number of hydrogen-bond acceptors (Lipinski definition) is 7. The Morgan fingerprint density at radius 2 is 1.62 bits per heavy atom. The first-order chi connectivity index (χ1) is 9.77. The molecule has 0 aliphatic heterocycles. The molecule has 0 aromatic heterocycles. The molecule has 0 aliphatic carbocycles. The van der Waals surface area contributed by atoms with Crippen LogP contribution < -0.4 is 0 Å². The zero-order valence-electron chi connectivity index (χ0n) is 12.3. The molecule has 2 unspecified atom stereocenters. The fourth-order valence-corrected chi connectivity index (χ4v) is 5.69. The Balaban J connectivity index is 6.01. The van der Waals surface area contributed by atoms with Gasteiger partial charge in [0, 0.05) is 5.33 Å². The highest BCUT2D eigenvalue weighted by molar-refractivity contribution is 9.12. The van der Waals surface area contributed by atoms with Crippen LogP contribution in [0.15, 0.2) is 0 Å². The number of carbonyl (C=O) groups is 2. The number of alkyl halides is 2. The molecular weight excluding hydrogens is 435 g/mol. The number of hydrogen-bond donors (Lipinski definition) is 0. The monoisotopic (exact) mass is 452 g/mol. The summed E-state index contributed by atoms with van der Waals surface area (Å²) in [4.78, 5) is 24.2. The summed E-state index contributed by atoms with van der Waals surface area (Å²) < 4.78 is 31.0. The number of methoxy groups -OCH3 is 2. The lowest BCUT2D eigenvalue weighted by atomic mass is 10.1. The molecule has 0 aromatic rings. The van der Waals surface area contributed by atoms with Crippen LogP contribution >= 0.6 is 39.5 Å². The predicted octanol–water partition coefficient (Wildman–Crippen LogP) is 2.50. The van der Waals surface area contributed by atoms with Gasteiger partial charge in [0.05, 0.1) is 27.4 Å². The van der Waals surface area contributed by atoms with E-state index in [1.54, 1.807) is 13.8 Å². The third kappa shape index (κ3) is 4.76. The van der Waals surface area contributed by atoms with Crippen LogP contribution in [0.4, 0.5) is 0 Å². The smallest absolute Gasteiger partial charge is 0.346 e. The van der Waals surface area contributed by atoms with Crippen LogP contribution in [0.2, 0.25) is 0 Å². The van der Waals surface area contributed by atoms with Crippen molar-refractivity contribution in [3.8, 4) is 0 Å². The van der Waals surface area contributed by atoms with Crippen LogP contribution in [0.1, 0.15) is 13.8 Å². The van der Waals surface area contributed by atoms with Crippen molar-refractivity contribution in [3.05, 3.63) is 0 Å². The van der Waals surface area contributed by atoms with Gasteiger partial charge in [-0.05, 0) is 13.8 Å². The molecule has 0 aromatic carbocycles. The molecule has 2 atom stereocenters. The maximum absolute atomic E-state index is 12.9. The number of carbonyl (C=O) groups excluding carboxylic acids is 2. The van der Waals surface area contributed by atoms with Gasteiger partial charge in [0.15, 0.2) is 9.98 Å². The Morgan fingerprint density at radius 3 is 1.90 bits per heavy atom. The second kappa shape index (κ2) is 9.25. The molecule has 0 rings (SSSR count). The maximum atomic E-state index is 12.9. The maximum Gasteiger partial charge on any atom is 0.346 e. The van der Waals surface area contributed by atoms with E-state index in [2.05, 4.69) is 41.3 Å². The van der Waals surface area contributed by atoms with E-state index in [9.17, 15) is 14.2 Å². The third-order valence-electron chi connectivity index (χ3n) is 2.51. The highest BCUT2D eigenvalue weighted by atomic mass is 79.9. The molecule has 21 heavy (non-hydrogen) atoms. The molecule has 0 heterocycles. The van der Waals surface area contributed by atoms with Gasteiger partial charge in [0.1, 0.15) is 0 Å². The van der Waals surface area contributed by atoms with Gasteiger partial charge in [-0.15, -0.1) is 0 Å². The first kappa shape index (κ1) is 21.0. The van der Waals surface area contributed by atoms with Gasteiger partial charge in [-0.2, -0.15) is 0 Å². The topological polar surface area (TPSA) is 88.1 Å². The molecule has 0 bridgehead atoms. The molecule has 0 saturated carbocycles. The van der Waals surface area contributed by atoms with Crippen LogP contribution in [0.5, 0.6) is 0 Å². The van der Waals surface area contributed by atoms with Crippen LogP contribution in [0.3, 0.4) is 0 Å². The van der Waals surface area contributed by atoms with Gasteiger partial charge in [-0.1, -0.05) is 31.9 Å². The third-order valence-corrected chi connectivity index (χ3v) is 8.08. The molecule has 0 N–H and O–H groups in total. The summed E-state index contributed by atoms with van der Waals surface area (Å²) >= 11 is 6.26. The molecule has 10 heteroatoms. The number of halogens is 2. The summed E-state index contributed by atoms with van der Waals surface area (Å²) in [7, 11) is -1.68. The fraction of sp³-hybridized carbons (Fsp3) is 0.818. The van der Waals surface area contributed by atoms with Crippen molar-refractivity contribution in [2.75, 3.05) is 32.8 Å². The first-order valence-corrected chi connectivity index (χ1v) is 9.59. The lowest BCUT2D eigenvalue weighted by molar-refractivity contribution is -0.149. The Bertz CT molecular complexity index is 407. The quantitative estimate of drug-likeness (QED) is 0.301. The summed E-state index contributed by atoms with van der Waals surface area (Å²) in [6.45, 7) is 3.28. The van der Waals surface area contributed by atoms with Crippen molar-refractivity contribution >= 4 is 51.4 Å². The van der Waals surface area contributed by atoms with Gasteiger partial charge in [0.25, 0.3) is 0 Å². The second-order valence-corrected chi connectivity index (χ2v) is 7.88. The highest BCUT2D eigenvalue weighted by Gasteiger charge is 2.59. The summed E-state index contributed by atoms with van der Waals surface area (Å²) in [5, 5.41) is -0.0589. The van der Waals surface area contributed by atoms with Crippen molar-refractivity contribution < 1.29 is 32.7 Å². The van der Waals surface area contributed by atoms with E-state index in [1.165, 1.54) is 0 Å². The van der Waals surface area contributed by atoms with E-state index in [0.29, 0.717) is 0 Å². The second-order valence-electron chi connectivity index (χ2n) is 3.79. The van der Waals surface area contributed by atoms with Crippen molar-refractivity contribution in [1.29, 1.82) is 0 Å². The summed E-state index contributed by atoms with van der Waals surface area (Å²) in [6.07, 6.45) is 0. The molecule has 0 amide bonds. The van der Waals surface area contributed by atoms with Gasteiger partial charge in [-0.25, -0.2) is 0 Å². The van der Waals surface area contributed by atoms with E-state index in [4.69, 9.17) is 9.05 Å². The minimum atomic E-state index is -3.96. The molecule has 0 fully saturated rings. The number of ether oxygens (including phenoxy) is 2. The predicted molar refractivity (Wildman–Crippen MR) is 84.1 cm³/mol. The van der Waals surface area contributed by atoms with Crippen molar-refractivity contribution in [3.63, 3.8) is 0 Å². The summed E-state index contributed by atoms with van der Waals surface area (Å²) in [5.41, 5.74) is -1.51. The van der Waals surface area contributed by atoms with Crippen LogP contribution in [0.25, 0.3) is 0 Å². The molecule has 7 nitrogen and oxygen atoms in total. The SMILES string of the molecule is CCOP(=O)(OCC)C(C(=O)OC)C(Br)(CBr)C(=O)OC. The first-order valence-electron chi connectivity index (χ1n) is 6.07. The summed E-state index contributed by atoms with van der Waals surface area (Å²) in [6, 6.07) is 0. The van der Waals surface area contributed by atoms with Gasteiger partial charge in [-0.3, -0.25) is 14.2 Å². The van der Waals surface area contributed by atoms with Crippen LogP contribution in [0, 0.1) is 0 Å². The largest absolute Gasteiger partial charge is 0.468 e. The minimum absolute atomic E-state index is 0.0390. The fourth-order valence-electron chi connectivity index (χ4n) is 1.63. The normalized spacial score (nSPS) is 15.9. The van der Waals surface area contributed by atoms with Crippen LogP contribution in [-0.4, -0.2) is 54.7 Å². The zero-order valence-corrected chi connectivity index (χ0v) is 16.3. The van der Waals surface area contributed by atoms with Crippen molar-refractivity contribution in [2.24, 2.45) is 0 Å². The molecule has 0 spiro atoms. The number of rotatable bonds is 9. The lowest BCUT2D eigenvalue weighted by Gasteiger charge is -2.33. The van der Waals surface area contributed by atoms with E-state index >= 15 is 0 Å². The Hall–Kier alpha value is 0.0500. The van der Waals surface area contributed by atoms with Gasteiger partial charge < -0.3 is 18.5 Å². The Kier molecular flexibility index (Phi) is 9.27. The lowest BCUT2D eigenvalue weighted by Crippen LogP contribution is -2.51. The van der Waals surface area contributed by atoms with Crippen LogP contribution in [-0.2, 0) is 32.7 Å². The van der Waals surface area contributed by atoms with E-state index in [0.717, 1.165) is 14.2 Å². The number of esters is 2. The summed E-state index contributed by atoms with van der Waals surface area (Å²) in [5.74, 6) is -1.70. The highest BCUT2D eigenvalue weighted by Crippen LogP contribution is 2.59. The minimum Gasteiger partial charge on any atom is -0.468 e. The zero-order chi connectivity index (χ0) is 16.7. The standard InChI is InChI=1S/C11H19Br2O7P/c1-5-19-21(16,20-6-2)8(9(14)17-3)11(13,7-12)10(15)18-4/h8H,5-7H2,1-4H3. The van der Waals surface area contributed by atoms with E-state index in [-0.39, 0.29) is 18.5 Å². The Morgan fingerprint density at radius 1 is 1.14 bits per heavy atom. The molecule has 124 valence electrons. The van der Waals surface area contributed by atoms with Gasteiger partial charge in [0.2, 0.25) is 0 Å². The van der Waals surface area contributed by atoms with Crippen molar-refractivity contribution in [2.45, 2.75) is 23.8 Å². The van der Waals surface area contributed by atoms with E-state index < -0.39 is 29.5 Å². The average molecular weight is 454 g/mol. The van der Waals surface area contributed by atoms with E-state index in [1.807, 2.05) is 0 Å². The van der Waals surface area contributed by atoms with Gasteiger partial charge >= 0.3 is 19.5 Å². The Labute approximate surface area is 140 Å². The molecule has 0 saturated heterocycles. The molecule has 0 aliphatic rings. The molecule has 0 radical (unpaired) electrons. The average Bonchev–Trinajstić information content (AvgIpc) is 2.46.